The molecule has 65 heavy (non-hydrogen) atoms. The number of benzene rings is 4. The molecule has 0 bridgehead atoms. The predicted octanol–water partition coefficient (Wildman–Crippen LogP) is 20.0. The SMILES string of the molecule is BrB(Br)Br.CC1(C)c2ccsc2-c2ccc3c4c(ccc3c21)-c1sccc1C4(C)C.CCOC(C)(C)c1ccsc1-c1ccc2cc(-c3sccc3C(C)(C)OCC)ccc2c1.ClCCl. The molecule has 2 aliphatic carbocycles. The van der Waals surface area contributed by atoms with Crippen molar-refractivity contribution in [1.29, 1.82) is 0 Å². The highest BCUT2D eigenvalue weighted by molar-refractivity contribution is 9.69. The van der Waals surface area contributed by atoms with Gasteiger partial charge < -0.3 is 9.47 Å². The van der Waals surface area contributed by atoms with E-state index in [1.807, 2.05) is 22.7 Å². The van der Waals surface area contributed by atoms with Gasteiger partial charge >= 0.3 is 3.18 Å². The van der Waals surface area contributed by atoms with Gasteiger partial charge in [0.05, 0.1) is 16.5 Å². The van der Waals surface area contributed by atoms with Crippen molar-refractivity contribution in [3.8, 4) is 41.8 Å². The van der Waals surface area contributed by atoms with E-state index in [9.17, 15) is 0 Å². The van der Waals surface area contributed by atoms with Crippen LogP contribution >= 0.6 is 116 Å². The third-order valence-corrected chi connectivity index (χ3v) is 16.4. The lowest BCUT2D eigenvalue weighted by Gasteiger charge is -2.26. The lowest BCUT2D eigenvalue weighted by molar-refractivity contribution is -0.0136. The van der Waals surface area contributed by atoms with Crippen LogP contribution in [-0.2, 0) is 31.5 Å². The van der Waals surface area contributed by atoms with E-state index < -0.39 is 0 Å². The zero-order valence-electron chi connectivity index (χ0n) is 38.4. The summed E-state index contributed by atoms with van der Waals surface area (Å²) < 4.78 is 12.3. The van der Waals surface area contributed by atoms with E-state index >= 15 is 0 Å². The second kappa shape index (κ2) is 20.7. The summed E-state index contributed by atoms with van der Waals surface area (Å²) in [6, 6.07) is 32.1. The van der Waals surface area contributed by atoms with E-state index in [0.29, 0.717) is 13.2 Å². The fourth-order valence-electron chi connectivity index (χ4n) is 9.84. The summed E-state index contributed by atoms with van der Waals surface area (Å²) in [6.07, 6.45) is 0. The van der Waals surface area contributed by atoms with Crippen LogP contribution in [0.15, 0.2) is 106 Å². The molecule has 10 rings (SSSR count). The molecule has 8 aromatic rings. The van der Waals surface area contributed by atoms with Crippen LogP contribution in [0, 0.1) is 0 Å². The van der Waals surface area contributed by atoms with Gasteiger partial charge in [0.1, 0.15) is 0 Å². The maximum atomic E-state index is 6.03. The van der Waals surface area contributed by atoms with Gasteiger partial charge in [-0.3, -0.25) is 0 Å². The topological polar surface area (TPSA) is 18.5 Å². The average Bonchev–Trinajstić information content (AvgIpc) is 4.11. The first-order valence-corrected chi connectivity index (χ1v) is 29.0. The van der Waals surface area contributed by atoms with E-state index in [1.165, 1.54) is 96.7 Å². The zero-order valence-corrected chi connectivity index (χ0v) is 48.0. The molecule has 0 amide bonds. The van der Waals surface area contributed by atoms with Crippen molar-refractivity contribution in [3.05, 3.63) is 140 Å². The first kappa shape index (κ1) is 51.1. The molecule has 12 heteroatoms. The molecule has 340 valence electrons. The van der Waals surface area contributed by atoms with Gasteiger partial charge in [-0.2, -0.15) is 0 Å². The molecule has 4 aromatic heterocycles. The van der Waals surface area contributed by atoms with Crippen LogP contribution in [0.1, 0.15) is 103 Å². The van der Waals surface area contributed by atoms with E-state index in [-0.39, 0.29) is 30.6 Å². The number of ether oxygens (including phenoxy) is 2. The molecule has 0 atom stereocenters. The summed E-state index contributed by atoms with van der Waals surface area (Å²) in [5.74, 6) is 0. The third-order valence-electron chi connectivity index (χ3n) is 12.6. The van der Waals surface area contributed by atoms with Crippen molar-refractivity contribution in [3.63, 3.8) is 0 Å². The fourth-order valence-corrected chi connectivity index (χ4v) is 14.1. The van der Waals surface area contributed by atoms with Gasteiger partial charge in [0, 0.05) is 54.7 Å². The van der Waals surface area contributed by atoms with Crippen molar-refractivity contribution in [2.24, 2.45) is 0 Å². The monoisotopic (exact) mass is 1170 g/mol. The van der Waals surface area contributed by atoms with Crippen LogP contribution in [0.3, 0.4) is 0 Å². The number of hydrogen-bond donors (Lipinski definition) is 0. The second-order valence-electron chi connectivity index (χ2n) is 18.0. The summed E-state index contributed by atoms with van der Waals surface area (Å²) in [5.41, 5.74) is 13.5. The Balaban J connectivity index is 0.000000172. The molecule has 0 aliphatic heterocycles. The lowest BCUT2D eigenvalue weighted by Crippen LogP contribution is -2.21. The number of hydrogen-bond acceptors (Lipinski definition) is 6. The zero-order chi connectivity index (χ0) is 47.1. The van der Waals surface area contributed by atoms with E-state index in [0.717, 1.165) is 0 Å². The molecule has 0 radical (unpaired) electrons. The van der Waals surface area contributed by atoms with Gasteiger partial charge in [-0.25, -0.2) is 0 Å². The van der Waals surface area contributed by atoms with E-state index in [2.05, 4.69) is 223 Å². The molecule has 2 nitrogen and oxygen atoms in total. The minimum Gasteiger partial charge on any atom is -0.371 e. The molecule has 2 aliphatic rings. The van der Waals surface area contributed by atoms with Gasteiger partial charge in [-0.15, -0.1) is 116 Å². The van der Waals surface area contributed by atoms with Gasteiger partial charge in [0.15, 0.2) is 0 Å². The third kappa shape index (κ3) is 9.99. The number of thiophene rings is 4. The predicted molar refractivity (Wildman–Crippen MR) is 304 cm³/mol. The quantitative estimate of drug-likeness (QED) is 0.112. The Labute approximate surface area is 437 Å². The highest BCUT2D eigenvalue weighted by Crippen LogP contribution is 2.58. The largest absolute Gasteiger partial charge is 0.371 e. The summed E-state index contributed by atoms with van der Waals surface area (Å²) >= 11 is 26.2. The number of halogens is 5. The van der Waals surface area contributed by atoms with Crippen molar-refractivity contribution >= 4 is 141 Å². The lowest BCUT2D eigenvalue weighted by atomic mass is 9.76. The molecule has 0 saturated carbocycles. The Bertz CT molecular complexity index is 2750. The van der Waals surface area contributed by atoms with Crippen LogP contribution in [0.25, 0.3) is 63.3 Å². The molecule has 4 heterocycles. The number of alkyl halides is 2. The molecule has 0 fully saturated rings. The fraction of sp³-hybridized carbons (Fsp3) is 0.321. The molecular weight excluding hydrogens is 1120 g/mol. The van der Waals surface area contributed by atoms with Crippen LogP contribution in [0.5, 0.6) is 0 Å². The summed E-state index contributed by atoms with van der Waals surface area (Å²) in [6.45, 7) is 23.7. The van der Waals surface area contributed by atoms with Crippen molar-refractivity contribution in [1.82, 2.24) is 0 Å². The number of rotatable bonds is 8. The molecule has 0 saturated heterocycles. The molecule has 4 aromatic carbocycles. The molecule has 0 unspecified atom stereocenters. The smallest absolute Gasteiger partial charge is 0.369 e. The Morgan fingerprint density at radius 3 is 1.22 bits per heavy atom. The van der Waals surface area contributed by atoms with E-state index in [1.54, 1.807) is 22.7 Å². The number of fused-ring (bicyclic) bond motifs is 10. The Morgan fingerprint density at radius 1 is 0.523 bits per heavy atom. The maximum Gasteiger partial charge on any atom is 0.369 e. The Kier molecular flexibility index (Phi) is 16.2. The molecule has 0 spiro atoms. The van der Waals surface area contributed by atoms with Crippen LogP contribution in [0.4, 0.5) is 0 Å². The first-order valence-electron chi connectivity index (χ1n) is 21.6. The first-order chi connectivity index (χ1) is 30.8. The highest BCUT2D eigenvalue weighted by atomic mass is 79.9. The van der Waals surface area contributed by atoms with Gasteiger partial charge in [-0.05, 0) is 166 Å². The van der Waals surface area contributed by atoms with Crippen LogP contribution in [0.2, 0.25) is 0 Å². The average molecular weight is 1170 g/mol. The van der Waals surface area contributed by atoms with Crippen molar-refractivity contribution < 1.29 is 9.47 Å². The van der Waals surface area contributed by atoms with E-state index in [4.69, 9.17) is 32.7 Å². The summed E-state index contributed by atoms with van der Waals surface area (Å²) in [5, 5.41) is 14.4. The standard InChI is InChI=1S/C28H32O2S2.C24H20S2.CH2Cl2.BBr3/c1-7-29-27(3,4)23-13-15-31-25(23)21-11-9-20-18-22(12-10-19(20)17-21)26-24(14-16-32-26)28(5,6)30-8-2;1-23(2)17-9-11-25-21(17)15-7-6-14-13(19(15)23)5-8-16-20(14)24(3,4)18-10-12-26-22(16)18;2-1-3;2-1(3)4/h9-18H,7-8H2,1-6H3;5-12H,1-4H3;1H2;. The normalized spacial score (nSPS) is 14.0. The Hall–Kier alpha value is -1.80. The molecule has 0 N–H and O–H groups in total. The Morgan fingerprint density at radius 2 is 0.862 bits per heavy atom. The minimum absolute atomic E-state index is 0.0754. The van der Waals surface area contributed by atoms with Gasteiger partial charge in [0.25, 0.3) is 0 Å². The minimum atomic E-state index is -0.300. The van der Waals surface area contributed by atoms with Crippen molar-refractivity contribution in [2.75, 3.05) is 18.6 Å². The highest BCUT2D eigenvalue weighted by Gasteiger charge is 2.41. The van der Waals surface area contributed by atoms with Gasteiger partial charge in [0.2, 0.25) is 0 Å². The second-order valence-corrected chi connectivity index (χ2v) is 28.9. The van der Waals surface area contributed by atoms with Gasteiger partial charge in [-0.1, -0.05) is 76.2 Å². The van der Waals surface area contributed by atoms with Crippen LogP contribution in [-0.4, -0.2) is 21.7 Å². The van der Waals surface area contributed by atoms with Crippen LogP contribution < -0.4 is 0 Å². The van der Waals surface area contributed by atoms with Crippen molar-refractivity contribution in [2.45, 2.75) is 91.3 Å². The summed E-state index contributed by atoms with van der Waals surface area (Å²) in [7, 11) is 0. The maximum absolute atomic E-state index is 6.03. The summed E-state index contributed by atoms with van der Waals surface area (Å²) in [4.78, 5) is 5.50. The molecular formula is C53H54BBr3Cl2O2S4.